The summed E-state index contributed by atoms with van der Waals surface area (Å²) in [6.07, 6.45) is 3.14. The summed E-state index contributed by atoms with van der Waals surface area (Å²) in [5.74, 6) is -2.67. The summed E-state index contributed by atoms with van der Waals surface area (Å²) in [4.78, 5) is 41.2. The summed E-state index contributed by atoms with van der Waals surface area (Å²) in [6, 6.07) is 9.25. The average molecular weight is 528 g/mol. The topological polar surface area (TPSA) is 93.8 Å². The Balaban J connectivity index is 1.30. The number of hydrogen-bond acceptors (Lipinski definition) is 4. The standard InChI is InChI=1S/C28H35F2N5O3/c1-28(2,3)33-25(36)23-22(29)12-9-19(24(23)30)17-34-13-15-35(16-14-34)26(37)18-7-10-21(11-8-18)32-27(38)31-20-5-4-6-20/h7-12,20H,4-6,13-17H2,1-3H3,(H,33,36)(H2,31,32,38). The number of urea groups is 1. The van der Waals surface area contributed by atoms with E-state index in [0.717, 1.165) is 25.3 Å². The van der Waals surface area contributed by atoms with Crippen LogP contribution in [0.4, 0.5) is 19.3 Å². The fraction of sp³-hybridized carbons (Fsp3) is 0.464. The van der Waals surface area contributed by atoms with Crippen LogP contribution in [-0.2, 0) is 6.54 Å². The van der Waals surface area contributed by atoms with Crippen LogP contribution in [0.25, 0.3) is 0 Å². The van der Waals surface area contributed by atoms with E-state index in [1.54, 1.807) is 49.9 Å². The fourth-order valence-corrected chi connectivity index (χ4v) is 4.46. The first-order valence-corrected chi connectivity index (χ1v) is 13.0. The molecule has 2 aromatic rings. The summed E-state index contributed by atoms with van der Waals surface area (Å²) < 4.78 is 29.4. The highest BCUT2D eigenvalue weighted by Crippen LogP contribution is 2.21. The Kier molecular flexibility index (Phi) is 8.30. The Morgan fingerprint density at radius 3 is 2.18 bits per heavy atom. The average Bonchev–Trinajstić information content (AvgIpc) is 2.83. The molecule has 2 fully saturated rings. The first-order chi connectivity index (χ1) is 18.0. The van der Waals surface area contributed by atoms with Crippen molar-refractivity contribution >= 4 is 23.5 Å². The zero-order valence-corrected chi connectivity index (χ0v) is 22.1. The van der Waals surface area contributed by atoms with Gasteiger partial charge >= 0.3 is 6.03 Å². The highest BCUT2D eigenvalue weighted by atomic mass is 19.1. The largest absolute Gasteiger partial charge is 0.347 e. The molecular weight excluding hydrogens is 492 g/mol. The zero-order valence-electron chi connectivity index (χ0n) is 22.1. The number of nitrogens with zero attached hydrogens (tertiary/aromatic N) is 2. The number of carbonyl (C=O) groups is 3. The maximum atomic E-state index is 15.1. The van der Waals surface area contributed by atoms with Crippen molar-refractivity contribution in [2.45, 2.75) is 58.2 Å². The Morgan fingerprint density at radius 2 is 1.61 bits per heavy atom. The molecule has 0 spiro atoms. The Hall–Kier alpha value is -3.53. The van der Waals surface area contributed by atoms with Crippen LogP contribution in [0.5, 0.6) is 0 Å². The molecule has 4 amide bonds. The van der Waals surface area contributed by atoms with E-state index in [-0.39, 0.29) is 30.1 Å². The first-order valence-electron chi connectivity index (χ1n) is 13.0. The monoisotopic (exact) mass is 527 g/mol. The zero-order chi connectivity index (χ0) is 27.4. The van der Waals surface area contributed by atoms with Gasteiger partial charge in [0, 0.05) is 61.1 Å². The smallest absolute Gasteiger partial charge is 0.319 e. The SMILES string of the molecule is CC(C)(C)NC(=O)c1c(F)ccc(CN2CCN(C(=O)c3ccc(NC(=O)NC4CCC4)cc3)CC2)c1F. The van der Waals surface area contributed by atoms with Crippen molar-refractivity contribution in [3.63, 3.8) is 0 Å². The molecule has 3 N–H and O–H groups in total. The van der Waals surface area contributed by atoms with E-state index in [2.05, 4.69) is 16.0 Å². The van der Waals surface area contributed by atoms with Crippen molar-refractivity contribution in [1.29, 1.82) is 0 Å². The predicted octanol–water partition coefficient (Wildman–Crippen LogP) is 4.13. The van der Waals surface area contributed by atoms with E-state index in [4.69, 9.17) is 0 Å². The molecule has 1 aliphatic heterocycles. The minimum Gasteiger partial charge on any atom is -0.347 e. The summed E-state index contributed by atoms with van der Waals surface area (Å²) in [6.45, 7) is 7.34. The summed E-state index contributed by atoms with van der Waals surface area (Å²) in [5.41, 5.74) is 0.150. The molecule has 8 nitrogen and oxygen atoms in total. The Bertz CT molecular complexity index is 1180. The van der Waals surface area contributed by atoms with E-state index < -0.39 is 28.6 Å². The van der Waals surface area contributed by atoms with E-state index in [9.17, 15) is 18.8 Å². The lowest BCUT2D eigenvalue weighted by Crippen LogP contribution is -2.48. The molecule has 0 atom stereocenters. The molecule has 10 heteroatoms. The number of carbonyl (C=O) groups excluding carboxylic acids is 3. The van der Waals surface area contributed by atoms with Gasteiger partial charge in [0.15, 0.2) is 0 Å². The number of rotatable bonds is 6. The number of nitrogens with one attached hydrogen (secondary N) is 3. The van der Waals surface area contributed by atoms with Gasteiger partial charge in [-0.2, -0.15) is 0 Å². The number of halogens is 2. The number of piperazine rings is 1. The molecule has 1 heterocycles. The quantitative estimate of drug-likeness (QED) is 0.527. The van der Waals surface area contributed by atoms with Crippen LogP contribution in [0.3, 0.4) is 0 Å². The first kappa shape index (κ1) is 27.5. The molecule has 1 saturated carbocycles. The van der Waals surface area contributed by atoms with E-state index in [0.29, 0.717) is 37.4 Å². The second-order valence-corrected chi connectivity index (χ2v) is 11.0. The molecule has 1 saturated heterocycles. The number of hydrogen-bond donors (Lipinski definition) is 3. The minimum atomic E-state index is -0.899. The van der Waals surface area contributed by atoms with Gasteiger partial charge in [-0.1, -0.05) is 6.07 Å². The third-order valence-electron chi connectivity index (χ3n) is 6.77. The molecular formula is C28H35F2N5O3. The van der Waals surface area contributed by atoms with Crippen molar-refractivity contribution in [3.8, 4) is 0 Å². The number of amides is 4. The van der Waals surface area contributed by atoms with Crippen molar-refractivity contribution in [2.75, 3.05) is 31.5 Å². The molecule has 204 valence electrons. The lowest BCUT2D eigenvalue weighted by molar-refractivity contribution is 0.0626. The molecule has 2 aliphatic rings. The summed E-state index contributed by atoms with van der Waals surface area (Å²) >= 11 is 0. The van der Waals surface area contributed by atoms with Crippen LogP contribution in [-0.4, -0.2) is 65.4 Å². The Morgan fingerprint density at radius 1 is 0.947 bits per heavy atom. The van der Waals surface area contributed by atoms with Crippen LogP contribution in [0.2, 0.25) is 0 Å². The highest BCUT2D eigenvalue weighted by Gasteiger charge is 2.27. The molecule has 0 bridgehead atoms. The van der Waals surface area contributed by atoms with Crippen molar-refractivity contribution < 1.29 is 23.2 Å². The molecule has 38 heavy (non-hydrogen) atoms. The number of benzene rings is 2. The van der Waals surface area contributed by atoms with Crippen LogP contribution in [0.1, 0.15) is 66.3 Å². The van der Waals surface area contributed by atoms with Gasteiger partial charge in [-0.05, 0) is 70.4 Å². The van der Waals surface area contributed by atoms with Gasteiger partial charge in [-0.15, -0.1) is 0 Å². The second kappa shape index (κ2) is 11.5. The number of anilines is 1. The summed E-state index contributed by atoms with van der Waals surface area (Å²) in [5, 5.41) is 8.30. The third-order valence-corrected chi connectivity index (χ3v) is 6.77. The van der Waals surface area contributed by atoms with E-state index in [1.165, 1.54) is 6.07 Å². The lowest BCUT2D eigenvalue weighted by atomic mass is 9.93. The van der Waals surface area contributed by atoms with Gasteiger partial charge in [0.25, 0.3) is 11.8 Å². The molecule has 0 unspecified atom stereocenters. The van der Waals surface area contributed by atoms with Crippen molar-refractivity contribution in [1.82, 2.24) is 20.4 Å². The predicted molar refractivity (Wildman–Crippen MR) is 141 cm³/mol. The van der Waals surface area contributed by atoms with Crippen LogP contribution in [0, 0.1) is 11.6 Å². The van der Waals surface area contributed by atoms with Crippen molar-refractivity contribution in [3.05, 3.63) is 64.7 Å². The van der Waals surface area contributed by atoms with Gasteiger partial charge in [-0.3, -0.25) is 14.5 Å². The maximum absolute atomic E-state index is 15.1. The molecule has 0 radical (unpaired) electrons. The highest BCUT2D eigenvalue weighted by molar-refractivity contribution is 5.96. The van der Waals surface area contributed by atoms with Crippen molar-refractivity contribution in [2.24, 2.45) is 0 Å². The van der Waals surface area contributed by atoms with Gasteiger partial charge in [-0.25, -0.2) is 13.6 Å². The Labute approximate surface area is 221 Å². The van der Waals surface area contributed by atoms with E-state index >= 15 is 4.39 Å². The third kappa shape index (κ3) is 6.86. The molecule has 2 aromatic carbocycles. The van der Waals surface area contributed by atoms with Gasteiger partial charge in [0.05, 0.1) is 0 Å². The normalized spacial score (nSPS) is 16.5. The van der Waals surface area contributed by atoms with Crippen LogP contribution < -0.4 is 16.0 Å². The molecule has 4 rings (SSSR count). The lowest BCUT2D eigenvalue weighted by Gasteiger charge is -2.35. The van der Waals surface area contributed by atoms with Crippen LogP contribution in [0.15, 0.2) is 36.4 Å². The molecule has 0 aromatic heterocycles. The molecule has 1 aliphatic carbocycles. The maximum Gasteiger partial charge on any atom is 0.319 e. The van der Waals surface area contributed by atoms with Gasteiger partial charge < -0.3 is 20.9 Å². The summed E-state index contributed by atoms with van der Waals surface area (Å²) in [7, 11) is 0. The fourth-order valence-electron chi connectivity index (χ4n) is 4.46. The second-order valence-electron chi connectivity index (χ2n) is 11.0. The van der Waals surface area contributed by atoms with Gasteiger partial charge in [0.1, 0.15) is 17.2 Å². The van der Waals surface area contributed by atoms with Gasteiger partial charge in [0.2, 0.25) is 0 Å². The minimum absolute atomic E-state index is 0.121. The van der Waals surface area contributed by atoms with E-state index in [1.807, 2.05) is 4.90 Å². The van der Waals surface area contributed by atoms with Crippen LogP contribution >= 0.6 is 0 Å².